The molecule has 0 aromatic rings. The Bertz CT molecular complexity index is 299. The summed E-state index contributed by atoms with van der Waals surface area (Å²) in [5.41, 5.74) is -0.725. The summed E-state index contributed by atoms with van der Waals surface area (Å²) in [6, 6.07) is 0. The number of nitrogens with zero attached hydrogens (tertiary/aromatic N) is 1. The van der Waals surface area contributed by atoms with E-state index in [1.54, 1.807) is 11.8 Å². The highest BCUT2D eigenvalue weighted by atomic mass is 16.2. The van der Waals surface area contributed by atoms with Gasteiger partial charge in [-0.05, 0) is 20.3 Å². The van der Waals surface area contributed by atoms with Gasteiger partial charge in [0, 0.05) is 6.54 Å². The van der Waals surface area contributed by atoms with E-state index in [1.807, 2.05) is 26.0 Å². The summed E-state index contributed by atoms with van der Waals surface area (Å²) >= 11 is 0. The Morgan fingerprint density at radius 3 is 2.73 bits per heavy atom. The van der Waals surface area contributed by atoms with E-state index < -0.39 is 5.54 Å². The zero-order valence-corrected chi connectivity index (χ0v) is 9.54. The molecule has 0 saturated carbocycles. The minimum Gasteiger partial charge on any atom is -0.340 e. The second-order valence-electron chi connectivity index (χ2n) is 3.99. The van der Waals surface area contributed by atoms with Crippen LogP contribution >= 0.6 is 0 Å². The van der Waals surface area contributed by atoms with Crippen LogP contribution in [-0.2, 0) is 9.59 Å². The Labute approximate surface area is 90.3 Å². The Morgan fingerprint density at radius 1 is 1.53 bits per heavy atom. The minimum absolute atomic E-state index is 0.00250. The lowest BCUT2D eigenvalue weighted by Crippen LogP contribution is -2.64. The van der Waals surface area contributed by atoms with Crippen LogP contribution in [0.2, 0.25) is 0 Å². The molecular weight excluding hydrogens is 192 g/mol. The number of piperazine rings is 1. The van der Waals surface area contributed by atoms with Crippen LogP contribution in [0.1, 0.15) is 27.2 Å². The molecule has 1 fully saturated rings. The number of allylic oxidation sites excluding steroid dienone is 1. The third-order valence-corrected chi connectivity index (χ3v) is 2.78. The highest BCUT2D eigenvalue weighted by molar-refractivity contribution is 5.97. The number of carbonyl (C=O) groups is 2. The van der Waals surface area contributed by atoms with E-state index in [1.165, 1.54) is 0 Å². The Morgan fingerprint density at radius 2 is 2.20 bits per heavy atom. The van der Waals surface area contributed by atoms with E-state index >= 15 is 0 Å². The average molecular weight is 210 g/mol. The van der Waals surface area contributed by atoms with Crippen molar-refractivity contribution in [3.05, 3.63) is 12.2 Å². The summed E-state index contributed by atoms with van der Waals surface area (Å²) < 4.78 is 0. The van der Waals surface area contributed by atoms with Gasteiger partial charge >= 0.3 is 0 Å². The van der Waals surface area contributed by atoms with Crippen LogP contribution in [0, 0.1) is 0 Å². The van der Waals surface area contributed by atoms with Crippen LogP contribution in [0.4, 0.5) is 0 Å². The maximum Gasteiger partial charge on any atom is 0.248 e. The fourth-order valence-electron chi connectivity index (χ4n) is 1.61. The maximum atomic E-state index is 12.0. The summed E-state index contributed by atoms with van der Waals surface area (Å²) in [6.45, 7) is 6.25. The summed E-state index contributed by atoms with van der Waals surface area (Å²) in [5.74, 6) is -0.0776. The Balaban J connectivity index is 2.81. The molecule has 4 nitrogen and oxygen atoms in total. The summed E-state index contributed by atoms with van der Waals surface area (Å²) in [7, 11) is 0. The van der Waals surface area contributed by atoms with Gasteiger partial charge in [0.25, 0.3) is 0 Å². The van der Waals surface area contributed by atoms with Crippen LogP contribution < -0.4 is 5.32 Å². The molecule has 1 aliphatic heterocycles. The zero-order chi connectivity index (χ0) is 11.5. The molecule has 1 aliphatic rings. The first kappa shape index (κ1) is 11.8. The topological polar surface area (TPSA) is 49.4 Å². The molecule has 1 rings (SSSR count). The molecule has 1 atom stereocenters. The second-order valence-corrected chi connectivity index (χ2v) is 3.99. The van der Waals surface area contributed by atoms with Crippen LogP contribution in [0.5, 0.6) is 0 Å². The normalized spacial score (nSPS) is 27.3. The van der Waals surface area contributed by atoms with Crippen LogP contribution in [0.25, 0.3) is 0 Å². The number of carbonyl (C=O) groups excluding carboxylic acids is 2. The number of nitrogens with one attached hydrogen (secondary N) is 1. The molecule has 2 amide bonds. The van der Waals surface area contributed by atoms with Gasteiger partial charge in [-0.15, -0.1) is 0 Å². The molecule has 1 saturated heterocycles. The molecule has 84 valence electrons. The number of rotatable bonds is 3. The van der Waals surface area contributed by atoms with Crippen molar-refractivity contribution in [1.29, 1.82) is 0 Å². The fourth-order valence-corrected chi connectivity index (χ4v) is 1.61. The van der Waals surface area contributed by atoms with Crippen molar-refractivity contribution in [2.75, 3.05) is 13.1 Å². The fraction of sp³-hybridized carbons (Fsp3) is 0.636. The minimum atomic E-state index is -0.725. The van der Waals surface area contributed by atoms with Gasteiger partial charge in [0.1, 0.15) is 5.54 Å². The van der Waals surface area contributed by atoms with Crippen molar-refractivity contribution in [3.63, 3.8) is 0 Å². The molecule has 0 aromatic carbocycles. The van der Waals surface area contributed by atoms with Crippen molar-refractivity contribution < 1.29 is 9.59 Å². The van der Waals surface area contributed by atoms with E-state index in [9.17, 15) is 9.59 Å². The highest BCUT2D eigenvalue weighted by Gasteiger charge is 2.40. The van der Waals surface area contributed by atoms with Gasteiger partial charge in [-0.3, -0.25) is 9.59 Å². The Kier molecular flexibility index (Phi) is 3.50. The number of hydrogen-bond acceptors (Lipinski definition) is 2. The SMILES string of the molecule is C/C=C/CN1CC(=O)NC(C)(CC)C1=O. The largest absolute Gasteiger partial charge is 0.340 e. The molecule has 1 heterocycles. The standard InChI is InChI=1S/C11H18N2O2/c1-4-6-7-13-8-9(14)12-11(3,5-2)10(13)15/h4,6H,5,7-8H2,1-3H3,(H,12,14)/b6-4+. The van der Waals surface area contributed by atoms with Crippen LogP contribution in [-0.4, -0.2) is 35.3 Å². The molecule has 0 aromatic heterocycles. The molecule has 0 bridgehead atoms. The van der Waals surface area contributed by atoms with Crippen molar-refractivity contribution in [2.45, 2.75) is 32.7 Å². The predicted molar refractivity (Wildman–Crippen MR) is 58.2 cm³/mol. The lowest BCUT2D eigenvalue weighted by molar-refractivity contribution is -0.148. The van der Waals surface area contributed by atoms with Crippen molar-refractivity contribution in [2.24, 2.45) is 0 Å². The molecule has 4 heteroatoms. The molecule has 0 radical (unpaired) electrons. The smallest absolute Gasteiger partial charge is 0.248 e. The summed E-state index contributed by atoms with van der Waals surface area (Å²) in [6.07, 6.45) is 4.37. The van der Waals surface area contributed by atoms with Gasteiger partial charge in [0.15, 0.2) is 0 Å². The van der Waals surface area contributed by atoms with Crippen LogP contribution in [0.3, 0.4) is 0 Å². The lowest BCUT2D eigenvalue weighted by atomic mass is 9.94. The van der Waals surface area contributed by atoms with E-state index in [4.69, 9.17) is 0 Å². The third-order valence-electron chi connectivity index (χ3n) is 2.78. The van der Waals surface area contributed by atoms with Gasteiger partial charge in [0.2, 0.25) is 11.8 Å². The third kappa shape index (κ3) is 2.37. The van der Waals surface area contributed by atoms with E-state index in [2.05, 4.69) is 5.32 Å². The second kappa shape index (κ2) is 4.47. The zero-order valence-electron chi connectivity index (χ0n) is 9.54. The van der Waals surface area contributed by atoms with E-state index in [-0.39, 0.29) is 18.4 Å². The molecule has 1 unspecified atom stereocenters. The molecular formula is C11H18N2O2. The molecule has 0 aliphatic carbocycles. The lowest BCUT2D eigenvalue weighted by Gasteiger charge is -2.38. The number of hydrogen-bond donors (Lipinski definition) is 1. The first-order valence-electron chi connectivity index (χ1n) is 5.25. The van der Waals surface area contributed by atoms with Gasteiger partial charge in [-0.2, -0.15) is 0 Å². The molecule has 1 N–H and O–H groups in total. The van der Waals surface area contributed by atoms with E-state index in [0.717, 1.165) is 0 Å². The maximum absolute atomic E-state index is 12.0. The van der Waals surface area contributed by atoms with Crippen molar-refractivity contribution in [3.8, 4) is 0 Å². The summed E-state index contributed by atoms with van der Waals surface area (Å²) in [4.78, 5) is 25.0. The predicted octanol–water partition coefficient (Wildman–Crippen LogP) is 0.690. The highest BCUT2D eigenvalue weighted by Crippen LogP contribution is 2.17. The van der Waals surface area contributed by atoms with Crippen molar-refractivity contribution in [1.82, 2.24) is 10.2 Å². The first-order chi connectivity index (χ1) is 7.03. The molecule has 15 heavy (non-hydrogen) atoms. The van der Waals surface area contributed by atoms with Gasteiger partial charge in [-0.25, -0.2) is 0 Å². The van der Waals surface area contributed by atoms with Crippen molar-refractivity contribution >= 4 is 11.8 Å². The van der Waals surface area contributed by atoms with Gasteiger partial charge in [-0.1, -0.05) is 19.1 Å². The quantitative estimate of drug-likeness (QED) is 0.697. The van der Waals surface area contributed by atoms with Gasteiger partial charge < -0.3 is 10.2 Å². The Hall–Kier alpha value is -1.32. The monoisotopic (exact) mass is 210 g/mol. The average Bonchev–Trinajstić information content (AvgIpc) is 2.21. The van der Waals surface area contributed by atoms with Crippen LogP contribution in [0.15, 0.2) is 12.2 Å². The number of amides is 2. The summed E-state index contributed by atoms with van der Waals surface area (Å²) in [5, 5.41) is 2.74. The van der Waals surface area contributed by atoms with Gasteiger partial charge in [0.05, 0.1) is 6.54 Å². The first-order valence-corrected chi connectivity index (χ1v) is 5.25. The molecule has 0 spiro atoms. The van der Waals surface area contributed by atoms with E-state index in [0.29, 0.717) is 13.0 Å².